The van der Waals surface area contributed by atoms with Crippen molar-refractivity contribution in [3.05, 3.63) is 84.2 Å². The topological polar surface area (TPSA) is 93.9 Å². The molecular weight excluding hydrogens is 544 g/mol. The Balaban J connectivity index is 1.42. The van der Waals surface area contributed by atoms with Crippen LogP contribution >= 0.6 is 0 Å². The average Bonchev–Trinajstić information content (AvgIpc) is 3.32. The van der Waals surface area contributed by atoms with Gasteiger partial charge in [-0.2, -0.15) is 0 Å². The normalized spacial score (nSPS) is 13.4. The van der Waals surface area contributed by atoms with E-state index in [0.717, 1.165) is 24.3 Å². The minimum atomic E-state index is -0.743. The first-order chi connectivity index (χ1) is 20.4. The molecule has 1 saturated heterocycles. The second-order valence-corrected chi connectivity index (χ2v) is 9.80. The van der Waals surface area contributed by atoms with E-state index in [0.29, 0.717) is 47.1 Å². The van der Waals surface area contributed by atoms with Gasteiger partial charge >= 0.3 is 0 Å². The molecule has 0 aliphatic carbocycles. The number of morpholine rings is 1. The number of benzene rings is 2. The number of methoxy groups -OCH3 is 2. The van der Waals surface area contributed by atoms with Gasteiger partial charge in [0.15, 0.2) is 0 Å². The maximum Gasteiger partial charge on any atom is 0.203 e. The summed E-state index contributed by atoms with van der Waals surface area (Å²) < 4.78 is 47.5. The van der Waals surface area contributed by atoms with Crippen molar-refractivity contribution < 1.29 is 28.1 Å². The summed E-state index contributed by atoms with van der Waals surface area (Å²) >= 11 is 0. The SMILES string of the molecule is COc1ccc(Cn2cc3nc(-c4c(F)cccc4F)cc(Nc4ccc(N5CCOCC5)cn4)c3c2O)c(OC)c1. The predicted octanol–water partition coefficient (Wildman–Crippen LogP) is 5.73. The Hall–Kier alpha value is -4.90. The van der Waals surface area contributed by atoms with E-state index >= 15 is 0 Å². The van der Waals surface area contributed by atoms with Gasteiger partial charge in [-0.1, -0.05) is 6.07 Å². The van der Waals surface area contributed by atoms with Gasteiger partial charge in [0.2, 0.25) is 5.88 Å². The standard InChI is InChI=1S/C31H29F2N5O4/c1-40-21-8-6-19(27(14-21)41-2)17-38-18-26-30(31(38)39)25(15-24(35-26)29-22(32)4-3-5-23(29)33)36-28-9-7-20(16-34-28)37-10-12-42-13-11-37/h3-9,14-16,18,39H,10-13,17H2,1-2H3,(H,34,36). The molecule has 216 valence electrons. The second kappa shape index (κ2) is 11.5. The fourth-order valence-corrected chi connectivity index (χ4v) is 5.11. The quantitative estimate of drug-likeness (QED) is 0.243. The Morgan fingerprint density at radius 3 is 2.48 bits per heavy atom. The summed E-state index contributed by atoms with van der Waals surface area (Å²) in [5, 5.41) is 15.0. The van der Waals surface area contributed by atoms with Crippen LogP contribution in [0.3, 0.4) is 0 Å². The lowest BCUT2D eigenvalue weighted by Crippen LogP contribution is -2.36. The molecule has 1 aliphatic rings. The third-order valence-corrected chi connectivity index (χ3v) is 7.26. The van der Waals surface area contributed by atoms with Gasteiger partial charge in [0.1, 0.15) is 29.0 Å². The van der Waals surface area contributed by atoms with Crippen LogP contribution in [0, 0.1) is 11.6 Å². The molecule has 0 saturated carbocycles. The van der Waals surface area contributed by atoms with E-state index in [1.54, 1.807) is 43.3 Å². The molecule has 42 heavy (non-hydrogen) atoms. The Morgan fingerprint density at radius 1 is 1.00 bits per heavy atom. The van der Waals surface area contributed by atoms with Crippen LogP contribution < -0.4 is 19.7 Å². The van der Waals surface area contributed by atoms with E-state index in [-0.39, 0.29) is 23.7 Å². The molecule has 6 rings (SSSR count). The number of nitrogens with one attached hydrogen (secondary N) is 1. The van der Waals surface area contributed by atoms with Gasteiger partial charge in [0.05, 0.1) is 73.7 Å². The Bertz CT molecular complexity index is 1720. The third-order valence-electron chi connectivity index (χ3n) is 7.26. The molecule has 1 aliphatic heterocycles. The molecule has 0 amide bonds. The second-order valence-electron chi connectivity index (χ2n) is 9.80. The Morgan fingerprint density at radius 2 is 1.79 bits per heavy atom. The summed E-state index contributed by atoms with van der Waals surface area (Å²) in [6, 6.07) is 14.3. The lowest BCUT2D eigenvalue weighted by atomic mass is 10.1. The smallest absolute Gasteiger partial charge is 0.203 e. The zero-order chi connectivity index (χ0) is 29.2. The molecule has 5 aromatic rings. The van der Waals surface area contributed by atoms with Crippen LogP contribution in [0.1, 0.15) is 5.56 Å². The van der Waals surface area contributed by atoms with Crippen molar-refractivity contribution in [2.24, 2.45) is 0 Å². The van der Waals surface area contributed by atoms with Gasteiger partial charge in [0, 0.05) is 30.9 Å². The number of anilines is 3. The van der Waals surface area contributed by atoms with Gasteiger partial charge in [-0.05, 0) is 42.5 Å². The van der Waals surface area contributed by atoms with Gasteiger partial charge in [0.25, 0.3) is 0 Å². The fourth-order valence-electron chi connectivity index (χ4n) is 5.11. The number of ether oxygens (including phenoxy) is 3. The number of pyridine rings is 2. The summed E-state index contributed by atoms with van der Waals surface area (Å²) in [4.78, 5) is 11.3. The monoisotopic (exact) mass is 573 g/mol. The van der Waals surface area contributed by atoms with Gasteiger partial charge < -0.3 is 34.1 Å². The molecule has 1 fully saturated rings. The lowest BCUT2D eigenvalue weighted by Gasteiger charge is -2.28. The molecule has 0 bridgehead atoms. The van der Waals surface area contributed by atoms with Crippen molar-refractivity contribution in [2.45, 2.75) is 6.54 Å². The number of hydrogen-bond donors (Lipinski definition) is 2. The predicted molar refractivity (Wildman–Crippen MR) is 156 cm³/mol. The highest BCUT2D eigenvalue weighted by molar-refractivity contribution is 5.99. The summed E-state index contributed by atoms with van der Waals surface area (Å²) in [5.41, 5.74) is 2.28. The van der Waals surface area contributed by atoms with Crippen molar-refractivity contribution in [1.29, 1.82) is 0 Å². The largest absolute Gasteiger partial charge is 0.497 e. The van der Waals surface area contributed by atoms with Crippen LogP contribution in [0.4, 0.5) is 26.0 Å². The highest BCUT2D eigenvalue weighted by Crippen LogP contribution is 2.39. The molecule has 3 aromatic heterocycles. The van der Waals surface area contributed by atoms with Crippen LogP contribution in [0.25, 0.3) is 22.2 Å². The van der Waals surface area contributed by atoms with Crippen molar-refractivity contribution in [3.63, 3.8) is 0 Å². The maximum atomic E-state index is 14.8. The number of fused-ring (bicyclic) bond motifs is 1. The van der Waals surface area contributed by atoms with Crippen LogP contribution in [0.15, 0.2) is 67.0 Å². The molecule has 9 nitrogen and oxygen atoms in total. The third kappa shape index (κ3) is 5.26. The minimum Gasteiger partial charge on any atom is -0.497 e. The van der Waals surface area contributed by atoms with E-state index in [2.05, 4.69) is 20.2 Å². The number of halogens is 2. The molecule has 0 atom stereocenters. The highest BCUT2D eigenvalue weighted by Gasteiger charge is 2.21. The van der Waals surface area contributed by atoms with Crippen LogP contribution in [0.5, 0.6) is 17.4 Å². The van der Waals surface area contributed by atoms with E-state index in [1.807, 2.05) is 18.2 Å². The molecule has 11 heteroatoms. The van der Waals surface area contributed by atoms with E-state index in [9.17, 15) is 13.9 Å². The van der Waals surface area contributed by atoms with Crippen molar-refractivity contribution >= 4 is 28.1 Å². The first-order valence-electron chi connectivity index (χ1n) is 13.4. The molecule has 4 heterocycles. The first-order valence-corrected chi connectivity index (χ1v) is 13.4. The molecule has 0 radical (unpaired) electrons. The number of rotatable bonds is 8. The molecule has 0 unspecified atom stereocenters. The zero-order valence-corrected chi connectivity index (χ0v) is 23.1. The minimum absolute atomic E-state index is 0.0738. The van der Waals surface area contributed by atoms with E-state index in [4.69, 9.17) is 14.2 Å². The van der Waals surface area contributed by atoms with Gasteiger partial charge in [-0.3, -0.25) is 0 Å². The first kappa shape index (κ1) is 27.3. The van der Waals surface area contributed by atoms with Crippen LogP contribution in [-0.4, -0.2) is 60.2 Å². The Labute approximate surface area is 240 Å². The maximum absolute atomic E-state index is 14.8. The van der Waals surface area contributed by atoms with Gasteiger partial charge in [-0.15, -0.1) is 0 Å². The highest BCUT2D eigenvalue weighted by atomic mass is 19.1. The van der Waals surface area contributed by atoms with Crippen molar-refractivity contribution in [2.75, 3.05) is 50.7 Å². The number of nitrogens with zero attached hydrogens (tertiary/aromatic N) is 4. The molecule has 0 spiro atoms. The summed E-state index contributed by atoms with van der Waals surface area (Å²) in [6.07, 6.45) is 3.39. The van der Waals surface area contributed by atoms with Gasteiger partial charge in [-0.25, -0.2) is 18.7 Å². The summed E-state index contributed by atoms with van der Waals surface area (Å²) in [5.74, 6) is 0.137. The zero-order valence-electron chi connectivity index (χ0n) is 23.1. The number of aromatic hydroxyl groups is 1. The lowest BCUT2D eigenvalue weighted by molar-refractivity contribution is 0.122. The molecular formula is C31H29F2N5O4. The average molecular weight is 574 g/mol. The van der Waals surface area contributed by atoms with E-state index < -0.39 is 11.6 Å². The summed E-state index contributed by atoms with van der Waals surface area (Å²) in [7, 11) is 3.13. The van der Waals surface area contributed by atoms with E-state index in [1.165, 1.54) is 24.3 Å². The molecule has 2 N–H and O–H groups in total. The number of hydrogen-bond acceptors (Lipinski definition) is 8. The van der Waals surface area contributed by atoms with Crippen molar-refractivity contribution in [3.8, 4) is 28.6 Å². The number of aromatic nitrogens is 3. The molecule has 2 aromatic carbocycles. The fraction of sp³-hybridized carbons (Fsp3) is 0.226. The van der Waals surface area contributed by atoms with Crippen LogP contribution in [0.2, 0.25) is 0 Å². The summed E-state index contributed by atoms with van der Waals surface area (Å²) in [6.45, 7) is 3.10. The Kier molecular flexibility index (Phi) is 7.49. The van der Waals surface area contributed by atoms with Crippen LogP contribution in [-0.2, 0) is 11.3 Å². The van der Waals surface area contributed by atoms with Crippen molar-refractivity contribution in [1.82, 2.24) is 14.5 Å².